The first-order valence-electron chi connectivity index (χ1n) is 12.5. The predicted molar refractivity (Wildman–Crippen MR) is 146 cm³/mol. The number of fused-ring (bicyclic) bond motifs is 3. The third-order valence-corrected chi connectivity index (χ3v) is 10.0. The fourth-order valence-electron chi connectivity index (χ4n) is 6.29. The van der Waals surface area contributed by atoms with Gasteiger partial charge in [0.1, 0.15) is 22.1 Å². The molecule has 2 aliphatic carbocycles. The summed E-state index contributed by atoms with van der Waals surface area (Å²) in [6, 6.07) is 10.2. The van der Waals surface area contributed by atoms with Crippen LogP contribution in [-0.2, 0) is 16.9 Å². The van der Waals surface area contributed by atoms with Crippen molar-refractivity contribution in [2.75, 3.05) is 0 Å². The van der Waals surface area contributed by atoms with E-state index in [4.69, 9.17) is 37.4 Å². The van der Waals surface area contributed by atoms with Gasteiger partial charge in [-0.15, -0.1) is 11.3 Å². The SMILES string of the molecule is Cc1onc(-c2c(Cl)cccc2Cl)c1CO[C@@H]1CC2[C@@H](C)C[C@H](C1)[C@@]2(O)c1nc2ccc(C(=O)O)cc2s1. The Balaban J connectivity index is 1.24. The molecule has 2 aromatic carbocycles. The number of nitrogens with zero attached hydrogens (tertiary/aromatic N) is 2. The van der Waals surface area contributed by atoms with Crippen molar-refractivity contribution < 1.29 is 24.3 Å². The number of carboxylic acids is 1. The number of aryl methyl sites for hydroxylation is 1. The highest BCUT2D eigenvalue weighted by Crippen LogP contribution is 2.59. The van der Waals surface area contributed by atoms with Crippen molar-refractivity contribution in [1.82, 2.24) is 10.1 Å². The molecule has 5 atom stereocenters. The van der Waals surface area contributed by atoms with Gasteiger partial charge in [0.15, 0.2) is 0 Å². The fraction of sp³-hybridized carbons (Fsp3) is 0.393. The Morgan fingerprint density at radius 2 is 1.97 bits per heavy atom. The zero-order valence-corrected chi connectivity index (χ0v) is 23.1. The number of rotatable bonds is 6. The van der Waals surface area contributed by atoms with Crippen LogP contribution in [0.15, 0.2) is 40.9 Å². The Hall–Kier alpha value is -2.49. The average Bonchev–Trinajstić information content (AvgIpc) is 3.49. The van der Waals surface area contributed by atoms with E-state index in [-0.39, 0.29) is 23.5 Å². The van der Waals surface area contributed by atoms with Crippen LogP contribution in [-0.4, -0.2) is 32.4 Å². The second kappa shape index (κ2) is 9.61. The summed E-state index contributed by atoms with van der Waals surface area (Å²) in [5.74, 6) is -0.0617. The second-order valence-electron chi connectivity index (χ2n) is 10.4. The van der Waals surface area contributed by atoms with Crippen LogP contribution in [0.25, 0.3) is 21.5 Å². The number of thiazole rings is 1. The molecule has 0 aliphatic heterocycles. The molecule has 6 rings (SSSR count). The van der Waals surface area contributed by atoms with E-state index in [2.05, 4.69) is 12.1 Å². The highest BCUT2D eigenvalue weighted by Gasteiger charge is 2.59. The first-order chi connectivity index (χ1) is 18.2. The molecule has 0 saturated heterocycles. The van der Waals surface area contributed by atoms with Crippen LogP contribution in [0.2, 0.25) is 10.0 Å². The van der Waals surface area contributed by atoms with Gasteiger partial charge in [0.05, 0.1) is 38.5 Å². The lowest BCUT2D eigenvalue weighted by Gasteiger charge is -2.41. The van der Waals surface area contributed by atoms with Gasteiger partial charge in [-0.05, 0) is 74.3 Å². The Labute approximate surface area is 233 Å². The van der Waals surface area contributed by atoms with Gasteiger partial charge in [-0.25, -0.2) is 9.78 Å². The monoisotopic (exact) mass is 572 g/mol. The van der Waals surface area contributed by atoms with Crippen molar-refractivity contribution in [3.05, 3.63) is 68.3 Å². The molecule has 38 heavy (non-hydrogen) atoms. The Morgan fingerprint density at radius 3 is 2.68 bits per heavy atom. The molecular weight excluding hydrogens is 547 g/mol. The van der Waals surface area contributed by atoms with Crippen LogP contribution in [0, 0.1) is 24.7 Å². The van der Waals surface area contributed by atoms with Crippen LogP contribution in [0.4, 0.5) is 0 Å². The first-order valence-corrected chi connectivity index (χ1v) is 14.1. The molecule has 2 aliphatic rings. The molecule has 2 bridgehead atoms. The summed E-state index contributed by atoms with van der Waals surface area (Å²) in [5, 5.41) is 27.3. The van der Waals surface area contributed by atoms with E-state index >= 15 is 0 Å². The number of aliphatic hydroxyl groups is 1. The molecule has 2 N–H and O–H groups in total. The smallest absolute Gasteiger partial charge is 0.335 e. The number of halogens is 2. The minimum Gasteiger partial charge on any atom is -0.478 e. The molecule has 10 heteroatoms. The molecule has 4 aromatic rings. The Bertz CT molecular complexity index is 1530. The molecule has 0 spiro atoms. The van der Waals surface area contributed by atoms with Gasteiger partial charge >= 0.3 is 5.97 Å². The third kappa shape index (κ3) is 4.14. The third-order valence-electron chi connectivity index (χ3n) is 8.22. The second-order valence-corrected chi connectivity index (χ2v) is 12.3. The number of hydrogen-bond donors (Lipinski definition) is 2. The summed E-state index contributed by atoms with van der Waals surface area (Å²) in [7, 11) is 0. The maximum Gasteiger partial charge on any atom is 0.335 e. The molecule has 2 aromatic heterocycles. The zero-order chi connectivity index (χ0) is 26.8. The minimum atomic E-state index is -1.06. The van der Waals surface area contributed by atoms with E-state index in [1.807, 2.05) is 6.92 Å². The van der Waals surface area contributed by atoms with Crippen LogP contribution >= 0.6 is 34.5 Å². The number of ether oxygens (including phenoxy) is 1. The predicted octanol–water partition coefficient (Wildman–Crippen LogP) is 7.10. The molecule has 0 radical (unpaired) electrons. The molecule has 2 saturated carbocycles. The molecule has 2 heterocycles. The molecule has 0 amide bonds. The van der Waals surface area contributed by atoms with E-state index in [0.29, 0.717) is 63.0 Å². The summed E-state index contributed by atoms with van der Waals surface area (Å²) in [6.45, 7) is 4.31. The topological polar surface area (TPSA) is 106 Å². The van der Waals surface area contributed by atoms with Gasteiger partial charge in [0.25, 0.3) is 0 Å². The molecule has 7 nitrogen and oxygen atoms in total. The lowest BCUT2D eigenvalue weighted by molar-refractivity contribution is -0.120. The molecular formula is C28H26Cl2N2O5S. The van der Waals surface area contributed by atoms with Gasteiger partial charge in [0.2, 0.25) is 0 Å². The molecule has 1 unspecified atom stereocenters. The van der Waals surface area contributed by atoms with E-state index in [1.165, 1.54) is 11.3 Å². The summed E-state index contributed by atoms with van der Waals surface area (Å²) in [5.41, 5.74) is 1.88. The zero-order valence-electron chi connectivity index (χ0n) is 20.8. The Morgan fingerprint density at radius 1 is 1.21 bits per heavy atom. The van der Waals surface area contributed by atoms with E-state index < -0.39 is 11.6 Å². The largest absolute Gasteiger partial charge is 0.478 e. The quantitative estimate of drug-likeness (QED) is 0.253. The standard InChI is InChI=1S/C28H26Cl2N2O5S/c1-13-8-16-10-17(36-12-18-14(2)37-32-25(18)24-20(29)4-3-5-21(24)30)11-19(13)28(16,35)27-31-22-7-6-15(26(33)34)9-23(22)38-27/h3-7,9,13,16-17,19,35H,8,10-12H2,1-2H3,(H,33,34)/t13-,16+,17-,19?,28-/m0/s1. The molecule has 198 valence electrons. The van der Waals surface area contributed by atoms with E-state index in [1.54, 1.807) is 36.4 Å². The first kappa shape index (κ1) is 25.8. The van der Waals surface area contributed by atoms with Crippen LogP contribution in [0.1, 0.15) is 52.9 Å². The normalized spacial score (nSPS) is 26.8. The van der Waals surface area contributed by atoms with Crippen molar-refractivity contribution in [3.63, 3.8) is 0 Å². The summed E-state index contributed by atoms with van der Waals surface area (Å²) in [4.78, 5) is 16.2. The highest BCUT2D eigenvalue weighted by atomic mass is 35.5. The average molecular weight is 573 g/mol. The summed E-state index contributed by atoms with van der Waals surface area (Å²) >= 11 is 14.3. The van der Waals surface area contributed by atoms with Crippen LogP contribution < -0.4 is 0 Å². The van der Waals surface area contributed by atoms with Gasteiger partial charge in [-0.2, -0.15) is 0 Å². The van der Waals surface area contributed by atoms with Crippen molar-refractivity contribution in [1.29, 1.82) is 0 Å². The van der Waals surface area contributed by atoms with Crippen LogP contribution in [0.5, 0.6) is 0 Å². The van der Waals surface area contributed by atoms with Gasteiger partial charge in [-0.1, -0.05) is 41.3 Å². The number of aromatic carboxylic acids is 1. The number of hydrogen-bond acceptors (Lipinski definition) is 7. The number of benzene rings is 2. The summed E-state index contributed by atoms with van der Waals surface area (Å²) in [6.07, 6.45) is 2.22. The maximum atomic E-state index is 12.1. The fourth-order valence-corrected chi connectivity index (χ4v) is 8.11. The lowest BCUT2D eigenvalue weighted by Crippen LogP contribution is -2.45. The Kier molecular flexibility index (Phi) is 6.52. The lowest BCUT2D eigenvalue weighted by atomic mass is 9.72. The van der Waals surface area contributed by atoms with E-state index in [9.17, 15) is 15.0 Å². The number of carboxylic acid groups (broad SMARTS) is 1. The van der Waals surface area contributed by atoms with Crippen molar-refractivity contribution in [3.8, 4) is 11.3 Å². The van der Waals surface area contributed by atoms with Gasteiger partial charge < -0.3 is 19.5 Å². The van der Waals surface area contributed by atoms with Crippen molar-refractivity contribution >= 4 is 50.7 Å². The van der Waals surface area contributed by atoms with Crippen molar-refractivity contribution in [2.24, 2.45) is 17.8 Å². The van der Waals surface area contributed by atoms with Gasteiger partial charge in [0, 0.05) is 11.1 Å². The van der Waals surface area contributed by atoms with E-state index in [0.717, 1.165) is 16.7 Å². The summed E-state index contributed by atoms with van der Waals surface area (Å²) < 4.78 is 12.7. The number of aromatic nitrogens is 2. The highest BCUT2D eigenvalue weighted by molar-refractivity contribution is 7.18. The maximum absolute atomic E-state index is 12.1. The molecule has 2 fully saturated rings. The number of carbonyl (C=O) groups is 1. The van der Waals surface area contributed by atoms with Gasteiger partial charge in [-0.3, -0.25) is 0 Å². The minimum absolute atomic E-state index is 0.0122. The van der Waals surface area contributed by atoms with Crippen molar-refractivity contribution in [2.45, 2.75) is 51.4 Å². The van der Waals surface area contributed by atoms with Crippen LogP contribution in [0.3, 0.4) is 0 Å².